The van der Waals surface area contributed by atoms with E-state index >= 15 is 0 Å². The Balaban J connectivity index is 3.10. The highest BCUT2D eigenvalue weighted by atomic mass is 32.2. The van der Waals surface area contributed by atoms with E-state index in [-0.39, 0.29) is 10.2 Å². The third kappa shape index (κ3) is 3.54. The second kappa shape index (κ2) is 6.62. The molecular formula is C11H16NO6PS. The number of benzene rings is 1. The average Bonchev–Trinajstić information content (AvgIpc) is 2.45. The molecular weight excluding hydrogens is 305 g/mol. The molecule has 1 N–H and O–H groups in total. The first kappa shape index (κ1) is 17.0. The van der Waals surface area contributed by atoms with Gasteiger partial charge in [-0.3, -0.25) is 9.40 Å². The van der Waals surface area contributed by atoms with Crippen molar-refractivity contribution >= 4 is 22.9 Å². The summed E-state index contributed by atoms with van der Waals surface area (Å²) in [5.41, 5.74) is 0.452. The van der Waals surface area contributed by atoms with Crippen molar-refractivity contribution < 1.29 is 26.9 Å². The molecule has 0 unspecified atom stereocenters. The summed E-state index contributed by atoms with van der Waals surface area (Å²) in [4.78, 5) is 6.27. The SMILES string of the molecule is C=C(c1ccc(S(=O)(=O)NOC)cc1)P(=O)(OC)OC. The molecule has 0 aromatic heterocycles. The summed E-state index contributed by atoms with van der Waals surface area (Å²) in [6.07, 6.45) is 0. The van der Waals surface area contributed by atoms with Crippen molar-refractivity contribution in [1.82, 2.24) is 4.89 Å². The van der Waals surface area contributed by atoms with Gasteiger partial charge in [-0.15, -0.1) is 0 Å². The summed E-state index contributed by atoms with van der Waals surface area (Å²) >= 11 is 0. The molecule has 0 aliphatic rings. The predicted octanol–water partition coefficient (Wildman–Crippen LogP) is 1.98. The second-order valence-corrected chi connectivity index (χ2v) is 7.53. The van der Waals surface area contributed by atoms with Crippen molar-refractivity contribution in [3.8, 4) is 0 Å². The van der Waals surface area contributed by atoms with Crippen LogP contribution in [0.4, 0.5) is 0 Å². The zero-order chi connectivity index (χ0) is 15.4. The van der Waals surface area contributed by atoms with Crippen LogP contribution < -0.4 is 4.89 Å². The fourth-order valence-corrected chi connectivity index (χ4v) is 3.30. The minimum Gasteiger partial charge on any atom is -0.309 e. The monoisotopic (exact) mass is 321 g/mol. The molecule has 20 heavy (non-hydrogen) atoms. The molecule has 0 spiro atoms. The minimum absolute atomic E-state index is 0.000524. The van der Waals surface area contributed by atoms with Gasteiger partial charge in [-0.05, 0) is 17.7 Å². The van der Waals surface area contributed by atoms with Crippen molar-refractivity contribution in [2.24, 2.45) is 0 Å². The molecule has 0 radical (unpaired) electrons. The van der Waals surface area contributed by atoms with E-state index in [1.807, 2.05) is 4.89 Å². The van der Waals surface area contributed by atoms with Crippen molar-refractivity contribution in [2.45, 2.75) is 4.90 Å². The van der Waals surface area contributed by atoms with Crippen LogP contribution >= 0.6 is 7.60 Å². The smallest absolute Gasteiger partial charge is 0.309 e. The Hall–Kier alpha value is -1.02. The third-order valence-corrected chi connectivity index (χ3v) is 5.66. The summed E-state index contributed by atoms with van der Waals surface area (Å²) < 4.78 is 45.1. The number of sulfonamides is 1. The standard InChI is InChI=1S/C11H16NO6PS/c1-9(19(13,17-3)18-4)10-5-7-11(8-6-10)20(14,15)12-16-2/h5-8,12H,1H2,2-4H3. The maximum atomic E-state index is 12.1. The van der Waals surface area contributed by atoms with Gasteiger partial charge in [-0.1, -0.05) is 23.6 Å². The first-order valence-electron chi connectivity index (χ1n) is 5.37. The molecule has 1 aromatic rings. The normalized spacial score (nSPS) is 12.3. The lowest BCUT2D eigenvalue weighted by Gasteiger charge is -2.16. The maximum Gasteiger partial charge on any atom is 0.360 e. The Labute approximate surface area is 118 Å². The van der Waals surface area contributed by atoms with Gasteiger partial charge in [0.25, 0.3) is 10.0 Å². The molecule has 0 fully saturated rings. The highest BCUT2D eigenvalue weighted by molar-refractivity contribution is 7.89. The zero-order valence-corrected chi connectivity index (χ0v) is 13.0. The molecule has 0 bridgehead atoms. The highest BCUT2D eigenvalue weighted by Crippen LogP contribution is 2.58. The Morgan fingerprint density at radius 2 is 1.65 bits per heavy atom. The Morgan fingerprint density at radius 3 is 2.05 bits per heavy atom. The van der Waals surface area contributed by atoms with Crippen LogP contribution in [0.1, 0.15) is 5.56 Å². The van der Waals surface area contributed by atoms with Crippen LogP contribution in [0.25, 0.3) is 5.31 Å². The van der Waals surface area contributed by atoms with Gasteiger partial charge in [0.15, 0.2) is 0 Å². The van der Waals surface area contributed by atoms with E-state index < -0.39 is 17.6 Å². The van der Waals surface area contributed by atoms with Gasteiger partial charge in [-0.25, -0.2) is 8.42 Å². The van der Waals surface area contributed by atoms with E-state index in [0.29, 0.717) is 5.56 Å². The molecule has 0 saturated carbocycles. The summed E-state index contributed by atoms with van der Waals surface area (Å²) in [6.45, 7) is 3.66. The predicted molar refractivity (Wildman–Crippen MR) is 74.4 cm³/mol. The van der Waals surface area contributed by atoms with Gasteiger partial charge in [0, 0.05) is 14.2 Å². The Bertz CT molecular complexity index is 617. The number of hydrogen-bond acceptors (Lipinski definition) is 6. The van der Waals surface area contributed by atoms with E-state index in [9.17, 15) is 13.0 Å². The van der Waals surface area contributed by atoms with Gasteiger partial charge < -0.3 is 9.05 Å². The van der Waals surface area contributed by atoms with Crippen LogP contribution in [0, 0.1) is 0 Å². The van der Waals surface area contributed by atoms with Crippen LogP contribution in [0.3, 0.4) is 0 Å². The van der Waals surface area contributed by atoms with E-state index in [4.69, 9.17) is 9.05 Å². The van der Waals surface area contributed by atoms with Gasteiger partial charge in [0.05, 0.1) is 17.3 Å². The molecule has 1 aromatic carbocycles. The summed E-state index contributed by atoms with van der Waals surface area (Å²) in [7, 11) is -3.49. The molecule has 7 nitrogen and oxygen atoms in total. The quantitative estimate of drug-likeness (QED) is 0.610. The fraction of sp³-hybridized carbons (Fsp3) is 0.273. The maximum absolute atomic E-state index is 12.1. The summed E-state index contributed by atoms with van der Waals surface area (Å²) in [5.74, 6) is 0. The highest BCUT2D eigenvalue weighted by Gasteiger charge is 2.27. The lowest BCUT2D eigenvalue weighted by Crippen LogP contribution is -2.22. The number of rotatable bonds is 7. The van der Waals surface area contributed by atoms with Crippen LogP contribution in [-0.4, -0.2) is 29.7 Å². The average molecular weight is 321 g/mol. The van der Waals surface area contributed by atoms with Crippen molar-refractivity contribution in [3.05, 3.63) is 36.4 Å². The summed E-state index contributed by atoms with van der Waals surface area (Å²) in [5, 5.41) is 0.145. The molecule has 0 aliphatic carbocycles. The second-order valence-electron chi connectivity index (χ2n) is 3.62. The minimum atomic E-state index is -3.73. The van der Waals surface area contributed by atoms with Crippen LogP contribution in [0.2, 0.25) is 0 Å². The van der Waals surface area contributed by atoms with Gasteiger partial charge in [-0.2, -0.15) is 0 Å². The van der Waals surface area contributed by atoms with E-state index in [1.54, 1.807) is 0 Å². The van der Waals surface area contributed by atoms with Crippen molar-refractivity contribution in [2.75, 3.05) is 21.3 Å². The van der Waals surface area contributed by atoms with E-state index in [2.05, 4.69) is 11.4 Å². The molecule has 112 valence electrons. The van der Waals surface area contributed by atoms with Crippen molar-refractivity contribution in [3.63, 3.8) is 0 Å². The number of hydrogen-bond donors (Lipinski definition) is 1. The van der Waals surface area contributed by atoms with Gasteiger partial charge >= 0.3 is 7.60 Å². The Kier molecular flexibility index (Phi) is 5.64. The Morgan fingerprint density at radius 1 is 1.15 bits per heavy atom. The fourth-order valence-electron chi connectivity index (χ4n) is 1.44. The van der Waals surface area contributed by atoms with Crippen LogP contribution in [-0.2, 0) is 28.5 Å². The largest absolute Gasteiger partial charge is 0.360 e. The molecule has 0 amide bonds. The molecule has 0 atom stereocenters. The first-order chi connectivity index (χ1) is 9.30. The van der Waals surface area contributed by atoms with Crippen LogP contribution in [0.15, 0.2) is 35.7 Å². The molecule has 1 rings (SSSR count). The molecule has 0 saturated heterocycles. The topological polar surface area (TPSA) is 90.9 Å². The van der Waals surface area contributed by atoms with Gasteiger partial charge in [0.1, 0.15) is 0 Å². The molecule has 9 heteroatoms. The molecule has 0 heterocycles. The third-order valence-electron chi connectivity index (χ3n) is 2.50. The zero-order valence-electron chi connectivity index (χ0n) is 11.3. The first-order valence-corrected chi connectivity index (χ1v) is 8.39. The van der Waals surface area contributed by atoms with Crippen molar-refractivity contribution in [1.29, 1.82) is 0 Å². The lowest BCUT2D eigenvalue weighted by atomic mass is 10.2. The molecule has 0 aliphatic heterocycles. The van der Waals surface area contributed by atoms with E-state index in [1.165, 1.54) is 45.6 Å². The number of nitrogens with one attached hydrogen (secondary N) is 1. The van der Waals surface area contributed by atoms with Gasteiger partial charge in [0.2, 0.25) is 0 Å². The van der Waals surface area contributed by atoms with Crippen LogP contribution in [0.5, 0.6) is 0 Å². The summed E-state index contributed by atoms with van der Waals surface area (Å²) in [6, 6.07) is 5.57. The lowest BCUT2D eigenvalue weighted by molar-refractivity contribution is 0.153. The van der Waals surface area contributed by atoms with E-state index in [0.717, 1.165) is 0 Å².